The zero-order valence-corrected chi connectivity index (χ0v) is 14.3. The van der Waals surface area contributed by atoms with E-state index >= 15 is 0 Å². The summed E-state index contributed by atoms with van der Waals surface area (Å²) < 4.78 is 58.8. The molecule has 3 aromatic rings. The van der Waals surface area contributed by atoms with Crippen molar-refractivity contribution in [3.05, 3.63) is 90.0 Å². The van der Waals surface area contributed by atoms with Gasteiger partial charge in [-0.05, 0) is 42.0 Å². The monoisotopic (exact) mass is 375 g/mol. The van der Waals surface area contributed by atoms with E-state index in [-0.39, 0.29) is 5.69 Å². The SMILES string of the molecule is O=S(=O)(Nc1ccc(OCc2ccccc2)cc1)c1cc(F)cc(F)c1. The molecule has 3 rings (SSSR count). The third kappa shape index (κ3) is 4.58. The minimum Gasteiger partial charge on any atom is -0.489 e. The van der Waals surface area contributed by atoms with E-state index in [0.717, 1.165) is 17.7 Å². The van der Waals surface area contributed by atoms with Crippen molar-refractivity contribution in [1.82, 2.24) is 0 Å². The molecule has 0 atom stereocenters. The number of halogens is 2. The standard InChI is InChI=1S/C19H15F2NO3S/c20-15-10-16(21)12-19(11-15)26(23,24)22-17-6-8-18(9-7-17)25-13-14-4-2-1-3-5-14/h1-12,22H,13H2. The molecule has 0 aliphatic rings. The maximum Gasteiger partial charge on any atom is 0.262 e. The number of ether oxygens (including phenoxy) is 1. The molecule has 7 heteroatoms. The number of nitrogens with one attached hydrogen (secondary N) is 1. The normalized spacial score (nSPS) is 11.2. The van der Waals surface area contributed by atoms with Crippen LogP contribution >= 0.6 is 0 Å². The van der Waals surface area contributed by atoms with Gasteiger partial charge < -0.3 is 4.74 Å². The molecule has 0 unspecified atom stereocenters. The van der Waals surface area contributed by atoms with Gasteiger partial charge in [0.05, 0.1) is 4.90 Å². The lowest BCUT2D eigenvalue weighted by molar-refractivity contribution is 0.306. The largest absolute Gasteiger partial charge is 0.489 e. The van der Waals surface area contributed by atoms with E-state index in [4.69, 9.17) is 4.74 Å². The molecule has 0 aromatic heterocycles. The van der Waals surface area contributed by atoms with Crippen molar-refractivity contribution < 1.29 is 21.9 Å². The van der Waals surface area contributed by atoms with Crippen molar-refractivity contribution in [2.24, 2.45) is 0 Å². The summed E-state index contributed by atoms with van der Waals surface area (Å²) in [6, 6.07) is 17.9. The second-order valence-corrected chi connectivity index (χ2v) is 7.19. The highest BCUT2D eigenvalue weighted by Crippen LogP contribution is 2.21. The fourth-order valence-corrected chi connectivity index (χ4v) is 3.36. The van der Waals surface area contributed by atoms with Crippen LogP contribution in [0.1, 0.15) is 5.56 Å². The van der Waals surface area contributed by atoms with Crippen LogP contribution < -0.4 is 9.46 Å². The zero-order valence-electron chi connectivity index (χ0n) is 13.5. The van der Waals surface area contributed by atoms with Crippen LogP contribution in [-0.2, 0) is 16.6 Å². The van der Waals surface area contributed by atoms with Crippen LogP contribution in [0.4, 0.5) is 14.5 Å². The van der Waals surface area contributed by atoms with Crippen LogP contribution in [0.3, 0.4) is 0 Å². The Hall–Kier alpha value is -2.93. The van der Waals surface area contributed by atoms with Crippen molar-refractivity contribution in [3.63, 3.8) is 0 Å². The van der Waals surface area contributed by atoms with Gasteiger partial charge in [-0.1, -0.05) is 30.3 Å². The second kappa shape index (κ2) is 7.53. The lowest BCUT2D eigenvalue weighted by Crippen LogP contribution is -2.13. The third-order valence-corrected chi connectivity index (χ3v) is 4.86. The summed E-state index contributed by atoms with van der Waals surface area (Å²) in [6.07, 6.45) is 0. The van der Waals surface area contributed by atoms with E-state index in [0.29, 0.717) is 18.4 Å². The first-order chi connectivity index (χ1) is 12.4. The van der Waals surface area contributed by atoms with E-state index in [1.165, 1.54) is 12.1 Å². The summed E-state index contributed by atoms with van der Waals surface area (Å²) in [5.74, 6) is -1.36. The van der Waals surface area contributed by atoms with Gasteiger partial charge in [-0.3, -0.25) is 4.72 Å². The highest BCUT2D eigenvalue weighted by molar-refractivity contribution is 7.92. The van der Waals surface area contributed by atoms with Crippen molar-refractivity contribution in [2.75, 3.05) is 4.72 Å². The first kappa shape index (κ1) is 17.9. The molecule has 0 amide bonds. The Balaban J connectivity index is 1.68. The quantitative estimate of drug-likeness (QED) is 0.697. The molecular formula is C19H15F2NO3S. The minimum absolute atomic E-state index is 0.252. The number of hydrogen-bond acceptors (Lipinski definition) is 3. The maximum atomic E-state index is 13.2. The van der Waals surface area contributed by atoms with Crippen LogP contribution in [0, 0.1) is 11.6 Å². The number of anilines is 1. The third-order valence-electron chi connectivity index (χ3n) is 3.50. The molecule has 26 heavy (non-hydrogen) atoms. The van der Waals surface area contributed by atoms with Gasteiger partial charge in [-0.15, -0.1) is 0 Å². The molecule has 0 aliphatic carbocycles. The first-order valence-corrected chi connectivity index (χ1v) is 9.16. The molecule has 0 fully saturated rings. The Kier molecular flexibility index (Phi) is 5.18. The summed E-state index contributed by atoms with van der Waals surface area (Å²) >= 11 is 0. The van der Waals surface area contributed by atoms with Crippen LogP contribution in [0.15, 0.2) is 77.7 Å². The Morgan fingerprint density at radius 3 is 2.08 bits per heavy atom. The van der Waals surface area contributed by atoms with Gasteiger partial charge in [0.1, 0.15) is 24.0 Å². The van der Waals surface area contributed by atoms with E-state index in [1.807, 2.05) is 30.3 Å². The molecule has 1 N–H and O–H groups in total. The molecule has 0 radical (unpaired) electrons. The van der Waals surface area contributed by atoms with Gasteiger partial charge in [0.15, 0.2) is 0 Å². The average molecular weight is 375 g/mol. The fraction of sp³-hybridized carbons (Fsp3) is 0.0526. The lowest BCUT2D eigenvalue weighted by atomic mass is 10.2. The molecule has 3 aromatic carbocycles. The van der Waals surface area contributed by atoms with Crippen LogP contribution in [-0.4, -0.2) is 8.42 Å². The average Bonchev–Trinajstić information content (AvgIpc) is 2.61. The summed E-state index contributed by atoms with van der Waals surface area (Å²) in [5.41, 5.74) is 1.26. The Morgan fingerprint density at radius 1 is 0.846 bits per heavy atom. The zero-order chi connectivity index (χ0) is 18.6. The van der Waals surface area contributed by atoms with Gasteiger partial charge in [-0.25, -0.2) is 17.2 Å². The Bertz CT molecular complexity index is 971. The lowest BCUT2D eigenvalue weighted by Gasteiger charge is -2.10. The second-order valence-electron chi connectivity index (χ2n) is 5.51. The highest BCUT2D eigenvalue weighted by Gasteiger charge is 2.16. The van der Waals surface area contributed by atoms with E-state index in [1.54, 1.807) is 12.1 Å². The highest BCUT2D eigenvalue weighted by atomic mass is 32.2. The minimum atomic E-state index is -4.10. The smallest absolute Gasteiger partial charge is 0.262 e. The molecule has 0 spiro atoms. The first-order valence-electron chi connectivity index (χ1n) is 7.68. The van der Waals surface area contributed by atoms with E-state index in [2.05, 4.69) is 4.72 Å². The summed E-state index contributed by atoms with van der Waals surface area (Å²) in [4.78, 5) is -0.487. The summed E-state index contributed by atoms with van der Waals surface area (Å²) in [6.45, 7) is 0.383. The molecule has 0 saturated heterocycles. The molecule has 0 saturated carbocycles. The predicted octanol–water partition coefficient (Wildman–Crippen LogP) is 4.34. The number of rotatable bonds is 6. The Morgan fingerprint density at radius 2 is 1.46 bits per heavy atom. The van der Waals surface area contributed by atoms with Gasteiger partial charge in [0, 0.05) is 11.8 Å². The van der Waals surface area contributed by atoms with Crippen LogP contribution in [0.5, 0.6) is 5.75 Å². The molecular weight excluding hydrogens is 360 g/mol. The number of benzene rings is 3. The van der Waals surface area contributed by atoms with Crippen LogP contribution in [0.25, 0.3) is 0 Å². The summed E-state index contributed by atoms with van der Waals surface area (Å²) in [7, 11) is -4.10. The van der Waals surface area contributed by atoms with Gasteiger partial charge in [0.2, 0.25) is 0 Å². The number of hydrogen-bond donors (Lipinski definition) is 1. The summed E-state index contributed by atoms with van der Waals surface area (Å²) in [5, 5.41) is 0. The maximum absolute atomic E-state index is 13.2. The predicted molar refractivity (Wildman–Crippen MR) is 94.4 cm³/mol. The molecule has 134 valence electrons. The van der Waals surface area contributed by atoms with Crippen molar-refractivity contribution >= 4 is 15.7 Å². The van der Waals surface area contributed by atoms with Gasteiger partial charge in [0.25, 0.3) is 10.0 Å². The molecule has 0 bridgehead atoms. The van der Waals surface area contributed by atoms with E-state index < -0.39 is 26.6 Å². The van der Waals surface area contributed by atoms with Crippen molar-refractivity contribution in [2.45, 2.75) is 11.5 Å². The molecule has 0 aliphatic heterocycles. The van der Waals surface area contributed by atoms with Crippen molar-refractivity contribution in [3.8, 4) is 5.75 Å². The Labute approximate surface area is 150 Å². The molecule has 0 heterocycles. The number of sulfonamides is 1. The van der Waals surface area contributed by atoms with Crippen molar-refractivity contribution in [1.29, 1.82) is 0 Å². The van der Waals surface area contributed by atoms with Crippen LogP contribution in [0.2, 0.25) is 0 Å². The molecule has 4 nitrogen and oxygen atoms in total. The van der Waals surface area contributed by atoms with E-state index in [9.17, 15) is 17.2 Å². The fourth-order valence-electron chi connectivity index (χ4n) is 2.26. The van der Waals surface area contributed by atoms with Gasteiger partial charge in [-0.2, -0.15) is 0 Å². The van der Waals surface area contributed by atoms with Gasteiger partial charge >= 0.3 is 0 Å². The topological polar surface area (TPSA) is 55.4 Å².